The Balaban J connectivity index is 1.56. The van der Waals surface area contributed by atoms with Crippen LogP contribution < -0.4 is 18.9 Å². The van der Waals surface area contributed by atoms with Gasteiger partial charge in [-0.1, -0.05) is 23.8 Å². The maximum absolute atomic E-state index is 12.5. The number of benzene rings is 3. The van der Waals surface area contributed by atoms with Gasteiger partial charge >= 0.3 is 11.9 Å². The fourth-order valence-corrected chi connectivity index (χ4v) is 3.58. The van der Waals surface area contributed by atoms with E-state index in [4.69, 9.17) is 23.7 Å². The summed E-state index contributed by atoms with van der Waals surface area (Å²) in [5.41, 5.74) is 2.79. The second-order valence-corrected chi connectivity index (χ2v) is 8.03. The maximum Gasteiger partial charge on any atom is 0.363 e. The van der Waals surface area contributed by atoms with Crippen molar-refractivity contribution < 1.29 is 33.3 Å². The van der Waals surface area contributed by atoms with Crippen LogP contribution in [0.4, 0.5) is 0 Å². The minimum atomic E-state index is -0.587. The molecule has 0 bridgehead atoms. The molecule has 3 aromatic rings. The fraction of sp³-hybridized carbons (Fsp3) is 0.207. The Morgan fingerprint density at radius 3 is 2.30 bits per heavy atom. The molecule has 0 saturated carbocycles. The van der Waals surface area contributed by atoms with Crippen LogP contribution in [0.2, 0.25) is 0 Å². The van der Waals surface area contributed by atoms with Crippen molar-refractivity contribution in [2.45, 2.75) is 20.8 Å². The molecule has 0 unspecified atom stereocenters. The maximum atomic E-state index is 12.5. The van der Waals surface area contributed by atoms with Gasteiger partial charge in [-0.3, -0.25) is 0 Å². The molecule has 0 saturated heterocycles. The molecule has 1 heterocycles. The molecule has 8 nitrogen and oxygen atoms in total. The van der Waals surface area contributed by atoms with E-state index in [9.17, 15) is 9.59 Å². The molecule has 0 fully saturated rings. The molecule has 190 valence electrons. The minimum Gasteiger partial charge on any atom is -0.493 e. The van der Waals surface area contributed by atoms with Gasteiger partial charge in [0, 0.05) is 5.56 Å². The number of hydrogen-bond acceptors (Lipinski definition) is 8. The van der Waals surface area contributed by atoms with E-state index in [1.165, 1.54) is 7.11 Å². The van der Waals surface area contributed by atoms with Crippen molar-refractivity contribution in [3.8, 4) is 23.0 Å². The van der Waals surface area contributed by atoms with E-state index in [0.29, 0.717) is 47.2 Å². The van der Waals surface area contributed by atoms with Crippen molar-refractivity contribution in [3.05, 3.63) is 88.6 Å². The van der Waals surface area contributed by atoms with Crippen LogP contribution >= 0.6 is 0 Å². The Hall–Kier alpha value is -4.59. The molecule has 4 rings (SSSR count). The zero-order valence-electron chi connectivity index (χ0n) is 21.1. The van der Waals surface area contributed by atoms with E-state index >= 15 is 0 Å². The van der Waals surface area contributed by atoms with Crippen molar-refractivity contribution in [3.63, 3.8) is 0 Å². The van der Waals surface area contributed by atoms with E-state index in [-0.39, 0.29) is 17.3 Å². The second kappa shape index (κ2) is 11.4. The first kappa shape index (κ1) is 25.5. The number of nitrogens with zero attached hydrogens (tertiary/aromatic N) is 1. The summed E-state index contributed by atoms with van der Waals surface area (Å²) in [4.78, 5) is 29.4. The summed E-state index contributed by atoms with van der Waals surface area (Å²) >= 11 is 0. The molecule has 37 heavy (non-hydrogen) atoms. The average Bonchev–Trinajstić information content (AvgIpc) is 3.26. The summed E-state index contributed by atoms with van der Waals surface area (Å²) < 4.78 is 27.6. The number of aryl methyl sites for hydroxylation is 1. The third-order valence-electron chi connectivity index (χ3n) is 5.39. The molecule has 0 spiro atoms. The third kappa shape index (κ3) is 5.98. The molecular weight excluding hydrogens is 474 g/mol. The highest BCUT2D eigenvalue weighted by Gasteiger charge is 2.25. The van der Waals surface area contributed by atoms with Gasteiger partial charge in [0.1, 0.15) is 0 Å². The van der Waals surface area contributed by atoms with Crippen LogP contribution in [0.5, 0.6) is 23.0 Å². The Morgan fingerprint density at radius 1 is 0.892 bits per heavy atom. The first-order valence-electron chi connectivity index (χ1n) is 11.8. The van der Waals surface area contributed by atoms with Crippen LogP contribution in [0, 0.1) is 6.92 Å². The average molecular weight is 502 g/mol. The van der Waals surface area contributed by atoms with Gasteiger partial charge in [-0.05, 0) is 74.9 Å². The second-order valence-electron chi connectivity index (χ2n) is 8.03. The number of methoxy groups -OCH3 is 1. The van der Waals surface area contributed by atoms with Crippen LogP contribution in [-0.4, -0.2) is 38.2 Å². The number of hydrogen-bond donors (Lipinski definition) is 0. The first-order valence-corrected chi connectivity index (χ1v) is 11.8. The third-order valence-corrected chi connectivity index (χ3v) is 5.39. The van der Waals surface area contributed by atoms with Gasteiger partial charge in [-0.2, -0.15) is 0 Å². The van der Waals surface area contributed by atoms with Crippen LogP contribution in [0.1, 0.15) is 40.9 Å². The number of carbonyl (C=O) groups excluding carboxylic acids is 2. The molecule has 1 aliphatic heterocycles. The Labute approximate surface area is 215 Å². The van der Waals surface area contributed by atoms with Crippen molar-refractivity contribution >= 4 is 23.9 Å². The fourth-order valence-electron chi connectivity index (χ4n) is 3.58. The Bertz CT molecular complexity index is 1370. The predicted octanol–water partition coefficient (Wildman–Crippen LogP) is 5.36. The number of rotatable bonds is 9. The van der Waals surface area contributed by atoms with Gasteiger partial charge in [0.25, 0.3) is 0 Å². The monoisotopic (exact) mass is 501 g/mol. The lowest BCUT2D eigenvalue weighted by Gasteiger charge is -2.11. The van der Waals surface area contributed by atoms with Gasteiger partial charge in [0.2, 0.25) is 5.90 Å². The number of aliphatic imine (C=N–C) groups is 1. The van der Waals surface area contributed by atoms with E-state index in [1.807, 2.05) is 32.9 Å². The molecule has 0 N–H and O–H groups in total. The zero-order chi connectivity index (χ0) is 26.4. The zero-order valence-corrected chi connectivity index (χ0v) is 21.1. The SMILES string of the molecule is CCOc1ccc(C2=N/C(=C\c3ccc(OC(=O)c4ccc(C)cc4)c(OC)c3)C(=O)O2)cc1OCC. The van der Waals surface area contributed by atoms with Gasteiger partial charge < -0.3 is 23.7 Å². The Morgan fingerprint density at radius 2 is 1.59 bits per heavy atom. The number of cyclic esters (lactones) is 1. The standard InChI is InChI=1S/C29H27NO7/c1-5-34-23-14-12-21(17-26(23)35-6-2)27-30-22(29(32)37-27)15-19-9-13-24(25(16-19)33-4)36-28(31)20-10-7-18(3)8-11-20/h7-17H,5-6H2,1-4H3/b22-15-. The normalized spacial score (nSPS) is 13.7. The largest absolute Gasteiger partial charge is 0.493 e. The molecular formula is C29H27NO7. The van der Waals surface area contributed by atoms with Crippen LogP contribution in [0.3, 0.4) is 0 Å². The summed E-state index contributed by atoms with van der Waals surface area (Å²) in [7, 11) is 1.47. The van der Waals surface area contributed by atoms with Crippen LogP contribution in [0.25, 0.3) is 6.08 Å². The summed E-state index contributed by atoms with van der Waals surface area (Å²) in [6, 6.07) is 17.2. The number of carbonyl (C=O) groups is 2. The van der Waals surface area contributed by atoms with Gasteiger partial charge in [0.15, 0.2) is 28.7 Å². The van der Waals surface area contributed by atoms with Crippen molar-refractivity contribution in [1.82, 2.24) is 0 Å². The topological polar surface area (TPSA) is 92.7 Å². The van der Waals surface area contributed by atoms with Gasteiger partial charge in [-0.15, -0.1) is 0 Å². The highest BCUT2D eigenvalue weighted by molar-refractivity contribution is 6.13. The molecule has 0 amide bonds. The van der Waals surface area contributed by atoms with E-state index < -0.39 is 11.9 Å². The Kier molecular flexibility index (Phi) is 7.88. The molecule has 3 aromatic carbocycles. The van der Waals surface area contributed by atoms with E-state index in [0.717, 1.165) is 5.56 Å². The van der Waals surface area contributed by atoms with Crippen LogP contribution in [0.15, 0.2) is 71.4 Å². The van der Waals surface area contributed by atoms with Gasteiger partial charge in [-0.25, -0.2) is 14.6 Å². The molecule has 0 atom stereocenters. The van der Waals surface area contributed by atoms with E-state index in [1.54, 1.807) is 54.6 Å². The summed E-state index contributed by atoms with van der Waals surface area (Å²) in [5, 5.41) is 0. The smallest absolute Gasteiger partial charge is 0.363 e. The molecule has 0 aromatic heterocycles. The van der Waals surface area contributed by atoms with Gasteiger partial charge in [0.05, 0.1) is 25.9 Å². The molecule has 0 radical (unpaired) electrons. The van der Waals surface area contributed by atoms with Crippen LogP contribution in [-0.2, 0) is 9.53 Å². The molecule has 0 aliphatic carbocycles. The summed E-state index contributed by atoms with van der Waals surface area (Å²) in [6.07, 6.45) is 1.57. The molecule has 1 aliphatic rings. The summed E-state index contributed by atoms with van der Waals surface area (Å²) in [5.74, 6) is 0.804. The van der Waals surface area contributed by atoms with Crippen molar-refractivity contribution in [1.29, 1.82) is 0 Å². The highest BCUT2D eigenvalue weighted by Crippen LogP contribution is 2.32. The van der Waals surface area contributed by atoms with E-state index in [2.05, 4.69) is 4.99 Å². The predicted molar refractivity (Wildman–Crippen MR) is 139 cm³/mol. The lowest BCUT2D eigenvalue weighted by atomic mass is 10.1. The van der Waals surface area contributed by atoms with Crippen molar-refractivity contribution in [2.24, 2.45) is 4.99 Å². The first-order chi connectivity index (χ1) is 17.9. The quantitative estimate of drug-likeness (QED) is 0.221. The number of esters is 2. The minimum absolute atomic E-state index is 0.119. The number of ether oxygens (including phenoxy) is 5. The van der Waals surface area contributed by atoms with Crippen molar-refractivity contribution in [2.75, 3.05) is 20.3 Å². The lowest BCUT2D eigenvalue weighted by molar-refractivity contribution is -0.129. The highest BCUT2D eigenvalue weighted by atomic mass is 16.6. The molecule has 8 heteroatoms. The lowest BCUT2D eigenvalue weighted by Crippen LogP contribution is -2.09. The summed E-state index contributed by atoms with van der Waals surface area (Å²) in [6.45, 7) is 6.65.